The molecule has 3 nitrogen and oxygen atoms in total. The molecule has 1 aromatic carbocycles. The summed E-state index contributed by atoms with van der Waals surface area (Å²) in [6.07, 6.45) is 4.93. The molecular formula is C15H21N3. The van der Waals surface area contributed by atoms with Crippen molar-refractivity contribution < 1.29 is 0 Å². The molecule has 1 heterocycles. The first-order chi connectivity index (χ1) is 8.77. The van der Waals surface area contributed by atoms with E-state index in [1.165, 1.54) is 16.7 Å². The van der Waals surface area contributed by atoms with Crippen LogP contribution in [0.3, 0.4) is 0 Å². The molecule has 0 saturated carbocycles. The van der Waals surface area contributed by atoms with Crippen LogP contribution in [0.4, 0.5) is 0 Å². The van der Waals surface area contributed by atoms with E-state index in [1.807, 2.05) is 23.1 Å². The minimum absolute atomic E-state index is 0.951. The highest BCUT2D eigenvalue weighted by molar-refractivity contribution is 5.32. The zero-order valence-electron chi connectivity index (χ0n) is 11.2. The minimum atomic E-state index is 0.951. The molecule has 18 heavy (non-hydrogen) atoms. The quantitative estimate of drug-likeness (QED) is 0.791. The van der Waals surface area contributed by atoms with E-state index in [4.69, 9.17) is 0 Å². The number of hydrogen-bond acceptors (Lipinski definition) is 2. The fourth-order valence-electron chi connectivity index (χ4n) is 2.03. The van der Waals surface area contributed by atoms with E-state index < -0.39 is 0 Å². The van der Waals surface area contributed by atoms with Crippen molar-refractivity contribution in [2.75, 3.05) is 6.54 Å². The van der Waals surface area contributed by atoms with Gasteiger partial charge in [-0.2, -0.15) is 5.10 Å². The van der Waals surface area contributed by atoms with Gasteiger partial charge in [-0.05, 0) is 49.6 Å². The lowest BCUT2D eigenvalue weighted by Crippen LogP contribution is -2.17. The van der Waals surface area contributed by atoms with Gasteiger partial charge < -0.3 is 5.32 Å². The number of rotatable bonds is 6. The van der Waals surface area contributed by atoms with Crippen LogP contribution in [0.2, 0.25) is 0 Å². The molecule has 0 amide bonds. The molecule has 0 radical (unpaired) electrons. The lowest BCUT2D eigenvalue weighted by molar-refractivity contribution is 0.543. The summed E-state index contributed by atoms with van der Waals surface area (Å²) >= 11 is 0. The van der Waals surface area contributed by atoms with Crippen molar-refractivity contribution in [1.29, 1.82) is 0 Å². The van der Waals surface area contributed by atoms with Crippen LogP contribution in [0.5, 0.6) is 0 Å². The Morgan fingerprint density at radius 3 is 2.89 bits per heavy atom. The van der Waals surface area contributed by atoms with Crippen LogP contribution in [0.1, 0.15) is 23.1 Å². The zero-order valence-corrected chi connectivity index (χ0v) is 11.2. The molecule has 0 bridgehead atoms. The molecule has 0 unspecified atom stereocenters. The maximum atomic E-state index is 4.19. The molecule has 0 aliphatic rings. The molecule has 0 aliphatic carbocycles. The third kappa shape index (κ3) is 3.44. The van der Waals surface area contributed by atoms with Gasteiger partial charge in [-0.15, -0.1) is 0 Å². The van der Waals surface area contributed by atoms with Gasteiger partial charge in [0.05, 0.1) is 0 Å². The van der Waals surface area contributed by atoms with Crippen LogP contribution < -0.4 is 5.32 Å². The normalized spacial score (nSPS) is 10.8. The first kappa shape index (κ1) is 12.8. The lowest BCUT2D eigenvalue weighted by atomic mass is 10.0. The SMILES string of the molecule is Cc1cccc(CNCCCn2cccn2)c1C. The van der Waals surface area contributed by atoms with E-state index in [9.17, 15) is 0 Å². The van der Waals surface area contributed by atoms with Crippen molar-refractivity contribution in [3.05, 3.63) is 53.3 Å². The highest BCUT2D eigenvalue weighted by atomic mass is 15.3. The molecule has 1 N–H and O–H groups in total. The summed E-state index contributed by atoms with van der Waals surface area (Å²) in [5, 5.41) is 7.68. The smallest absolute Gasteiger partial charge is 0.0489 e. The highest BCUT2D eigenvalue weighted by Crippen LogP contribution is 2.12. The Kier molecular flexibility index (Phi) is 4.53. The Balaban J connectivity index is 1.70. The van der Waals surface area contributed by atoms with Gasteiger partial charge in [0.1, 0.15) is 0 Å². The summed E-state index contributed by atoms with van der Waals surface area (Å²) < 4.78 is 1.97. The third-order valence-corrected chi connectivity index (χ3v) is 3.33. The number of nitrogens with one attached hydrogen (secondary N) is 1. The van der Waals surface area contributed by atoms with Gasteiger partial charge in [0, 0.05) is 25.5 Å². The molecule has 0 atom stereocenters. The third-order valence-electron chi connectivity index (χ3n) is 3.33. The molecule has 3 heteroatoms. The van der Waals surface area contributed by atoms with Crippen LogP contribution >= 0.6 is 0 Å². The zero-order chi connectivity index (χ0) is 12.8. The van der Waals surface area contributed by atoms with Crippen molar-refractivity contribution >= 4 is 0 Å². The van der Waals surface area contributed by atoms with E-state index in [0.717, 1.165) is 26.1 Å². The Morgan fingerprint density at radius 1 is 1.22 bits per heavy atom. The van der Waals surface area contributed by atoms with Gasteiger partial charge >= 0.3 is 0 Å². The van der Waals surface area contributed by atoms with E-state index in [1.54, 1.807) is 0 Å². The number of aromatic nitrogens is 2. The molecule has 0 fully saturated rings. The monoisotopic (exact) mass is 243 g/mol. The largest absolute Gasteiger partial charge is 0.313 e. The maximum absolute atomic E-state index is 4.19. The Morgan fingerprint density at radius 2 is 2.11 bits per heavy atom. The topological polar surface area (TPSA) is 29.9 Å². The fraction of sp³-hybridized carbons (Fsp3) is 0.400. The summed E-state index contributed by atoms with van der Waals surface area (Å²) in [5.41, 5.74) is 4.16. The Hall–Kier alpha value is -1.61. The second-order valence-corrected chi connectivity index (χ2v) is 4.66. The predicted molar refractivity (Wildman–Crippen MR) is 74.5 cm³/mol. The molecule has 1 aromatic heterocycles. The van der Waals surface area contributed by atoms with Gasteiger partial charge in [-0.25, -0.2) is 0 Å². The second-order valence-electron chi connectivity index (χ2n) is 4.66. The van der Waals surface area contributed by atoms with Crippen LogP contribution in [0, 0.1) is 13.8 Å². The summed E-state index contributed by atoms with van der Waals surface area (Å²) in [7, 11) is 0. The van der Waals surface area contributed by atoms with Crippen molar-refractivity contribution in [2.24, 2.45) is 0 Å². The Bertz CT molecular complexity index is 474. The van der Waals surface area contributed by atoms with E-state index >= 15 is 0 Å². The minimum Gasteiger partial charge on any atom is -0.313 e. The summed E-state index contributed by atoms with van der Waals surface area (Å²) in [6.45, 7) is 7.30. The van der Waals surface area contributed by atoms with Crippen LogP contribution in [-0.2, 0) is 13.1 Å². The van der Waals surface area contributed by atoms with E-state index in [0.29, 0.717) is 0 Å². The van der Waals surface area contributed by atoms with E-state index in [-0.39, 0.29) is 0 Å². The highest BCUT2D eigenvalue weighted by Gasteiger charge is 1.99. The molecule has 0 spiro atoms. The van der Waals surface area contributed by atoms with Crippen molar-refractivity contribution in [3.63, 3.8) is 0 Å². The molecular weight excluding hydrogens is 222 g/mol. The van der Waals surface area contributed by atoms with Crippen LogP contribution in [-0.4, -0.2) is 16.3 Å². The number of hydrogen-bond donors (Lipinski definition) is 1. The number of benzene rings is 1. The molecule has 96 valence electrons. The standard InChI is InChI=1S/C15H21N3/c1-13-6-3-7-15(14(13)2)12-16-8-4-10-18-11-5-9-17-18/h3,5-7,9,11,16H,4,8,10,12H2,1-2H3. The van der Waals surface area contributed by atoms with Gasteiger partial charge in [-0.1, -0.05) is 18.2 Å². The Labute approximate surface area is 109 Å². The average Bonchev–Trinajstić information content (AvgIpc) is 2.87. The lowest BCUT2D eigenvalue weighted by Gasteiger charge is -2.09. The fourth-order valence-corrected chi connectivity index (χ4v) is 2.03. The first-order valence-corrected chi connectivity index (χ1v) is 6.50. The van der Waals surface area contributed by atoms with Gasteiger partial charge in [0.2, 0.25) is 0 Å². The summed E-state index contributed by atoms with van der Waals surface area (Å²) in [5.74, 6) is 0. The van der Waals surface area contributed by atoms with Gasteiger partial charge in [0.15, 0.2) is 0 Å². The predicted octanol–water partition coefficient (Wildman–Crippen LogP) is 2.68. The summed E-state index contributed by atoms with van der Waals surface area (Å²) in [4.78, 5) is 0. The van der Waals surface area contributed by atoms with E-state index in [2.05, 4.69) is 42.5 Å². The molecule has 2 aromatic rings. The second kappa shape index (κ2) is 6.36. The van der Waals surface area contributed by atoms with Crippen molar-refractivity contribution in [3.8, 4) is 0 Å². The first-order valence-electron chi connectivity index (χ1n) is 6.50. The molecule has 2 rings (SSSR count). The molecule has 0 aliphatic heterocycles. The van der Waals surface area contributed by atoms with Crippen molar-refractivity contribution in [2.45, 2.75) is 33.4 Å². The van der Waals surface area contributed by atoms with Gasteiger partial charge in [0.25, 0.3) is 0 Å². The number of aryl methyl sites for hydroxylation is 2. The maximum Gasteiger partial charge on any atom is 0.0489 e. The number of nitrogens with zero attached hydrogens (tertiary/aromatic N) is 2. The van der Waals surface area contributed by atoms with Crippen LogP contribution in [0.25, 0.3) is 0 Å². The molecule has 0 saturated heterocycles. The van der Waals surface area contributed by atoms with Crippen molar-refractivity contribution in [1.82, 2.24) is 15.1 Å². The van der Waals surface area contributed by atoms with Crippen LogP contribution in [0.15, 0.2) is 36.7 Å². The van der Waals surface area contributed by atoms with Gasteiger partial charge in [-0.3, -0.25) is 4.68 Å². The summed E-state index contributed by atoms with van der Waals surface area (Å²) in [6, 6.07) is 8.45. The average molecular weight is 243 g/mol.